The summed E-state index contributed by atoms with van der Waals surface area (Å²) in [5.41, 5.74) is 1.53. The predicted octanol–water partition coefficient (Wildman–Crippen LogP) is 5.70. The highest BCUT2D eigenvalue weighted by Gasteiger charge is 2.32. The van der Waals surface area contributed by atoms with E-state index >= 15 is 0 Å². The van der Waals surface area contributed by atoms with Crippen LogP contribution in [0.25, 0.3) is 0 Å². The van der Waals surface area contributed by atoms with E-state index in [1.807, 2.05) is 12.1 Å². The van der Waals surface area contributed by atoms with Crippen molar-refractivity contribution in [2.75, 3.05) is 0 Å². The molecule has 1 unspecified atom stereocenters. The first-order chi connectivity index (χ1) is 11.2. The summed E-state index contributed by atoms with van der Waals surface area (Å²) < 4.78 is 40.7. The maximum Gasteiger partial charge on any atom is 0.417 e. The molecule has 2 aromatic rings. The van der Waals surface area contributed by atoms with Crippen LogP contribution in [-0.2, 0) is 19.6 Å². The third kappa shape index (κ3) is 3.24. The number of halogens is 6. The van der Waals surface area contributed by atoms with Crippen molar-refractivity contribution in [2.45, 2.75) is 25.1 Å². The Morgan fingerprint density at radius 3 is 2.62 bits per heavy atom. The zero-order valence-corrected chi connectivity index (χ0v) is 15.6. The molecule has 0 N–H and O–H groups in total. The van der Waals surface area contributed by atoms with Gasteiger partial charge in [-0.15, -0.1) is 0 Å². The van der Waals surface area contributed by atoms with E-state index in [-0.39, 0.29) is 11.1 Å². The normalized spacial score (nSPS) is 18.1. The molecule has 0 fully saturated rings. The van der Waals surface area contributed by atoms with E-state index in [0.29, 0.717) is 10.5 Å². The lowest BCUT2D eigenvalue weighted by Gasteiger charge is -2.12. The first kappa shape index (κ1) is 17.8. The zero-order valence-electron chi connectivity index (χ0n) is 12.5. The molecule has 0 spiro atoms. The van der Waals surface area contributed by atoms with Gasteiger partial charge in [-0.05, 0) is 52.0 Å². The second kappa shape index (κ2) is 6.39. The Balaban J connectivity index is 2.08. The first-order valence-corrected chi connectivity index (χ1v) is 8.67. The largest absolute Gasteiger partial charge is 0.417 e. The third-order valence-corrected chi connectivity index (χ3v) is 5.63. The Kier molecular flexibility index (Phi) is 4.75. The van der Waals surface area contributed by atoms with Crippen LogP contribution < -0.4 is 5.49 Å². The number of aryl methyl sites for hydroxylation is 1. The van der Waals surface area contributed by atoms with Crippen molar-refractivity contribution in [1.29, 1.82) is 0 Å². The molecule has 0 amide bonds. The number of hydrogen-bond acceptors (Lipinski definition) is 1. The van der Waals surface area contributed by atoms with Crippen LogP contribution in [0.5, 0.6) is 0 Å². The number of rotatable bonds is 1. The zero-order chi connectivity index (χ0) is 17.6. The van der Waals surface area contributed by atoms with Gasteiger partial charge in [0.15, 0.2) is 0 Å². The standard InChI is InChI=1S/C16H12BrCl2F3N2/c1-24-7-8(16(20,21)22)6-12(18)15(24)23-13-5-3-10-9(13)2-4-11(17)14(10)19/h2,4,6-7,13H,3,5H2,1H3. The van der Waals surface area contributed by atoms with Crippen LogP contribution in [0.4, 0.5) is 13.2 Å². The summed E-state index contributed by atoms with van der Waals surface area (Å²) in [6.07, 6.45) is -1.94. The maximum absolute atomic E-state index is 12.8. The second-order valence-corrected chi connectivity index (χ2v) is 7.26. The first-order valence-electron chi connectivity index (χ1n) is 7.12. The molecule has 0 bridgehead atoms. The van der Waals surface area contributed by atoms with Gasteiger partial charge < -0.3 is 4.57 Å². The van der Waals surface area contributed by atoms with E-state index < -0.39 is 11.7 Å². The van der Waals surface area contributed by atoms with Crippen LogP contribution in [0.15, 0.2) is 33.9 Å². The molecule has 0 radical (unpaired) electrons. The van der Waals surface area contributed by atoms with Crippen molar-refractivity contribution in [3.63, 3.8) is 0 Å². The molecule has 3 rings (SSSR count). The quantitative estimate of drug-likeness (QED) is 0.542. The van der Waals surface area contributed by atoms with E-state index in [9.17, 15) is 13.2 Å². The Labute approximate surface area is 155 Å². The highest BCUT2D eigenvalue weighted by Crippen LogP contribution is 2.40. The molecule has 0 saturated heterocycles. The number of aromatic nitrogens is 1. The third-order valence-electron chi connectivity index (χ3n) is 4.03. The summed E-state index contributed by atoms with van der Waals surface area (Å²) in [4.78, 5) is 4.58. The fourth-order valence-electron chi connectivity index (χ4n) is 2.88. The van der Waals surface area contributed by atoms with Crippen LogP contribution in [0.2, 0.25) is 10.0 Å². The number of pyridine rings is 1. The lowest BCUT2D eigenvalue weighted by atomic mass is 10.1. The summed E-state index contributed by atoms with van der Waals surface area (Å²) in [5.74, 6) is 0. The van der Waals surface area contributed by atoms with Crippen molar-refractivity contribution < 1.29 is 13.2 Å². The van der Waals surface area contributed by atoms with Gasteiger partial charge in [0.25, 0.3) is 0 Å². The topological polar surface area (TPSA) is 17.3 Å². The SMILES string of the molecule is Cn1cc(C(F)(F)F)cc(Cl)c1=NC1CCc2c1ccc(Br)c2Cl. The molecule has 1 atom stereocenters. The van der Waals surface area contributed by atoms with Gasteiger partial charge in [-0.1, -0.05) is 29.3 Å². The maximum atomic E-state index is 12.8. The molecule has 1 aromatic heterocycles. The van der Waals surface area contributed by atoms with Gasteiger partial charge in [0.1, 0.15) is 5.49 Å². The van der Waals surface area contributed by atoms with Crippen LogP contribution in [0.3, 0.4) is 0 Å². The minimum Gasteiger partial charge on any atom is -0.335 e. The summed E-state index contributed by atoms with van der Waals surface area (Å²) >= 11 is 15.7. The number of benzene rings is 1. The molecule has 1 aliphatic rings. The summed E-state index contributed by atoms with van der Waals surface area (Å²) in [6, 6.07) is 4.52. The highest BCUT2D eigenvalue weighted by atomic mass is 79.9. The molecule has 8 heteroatoms. The molecule has 1 heterocycles. The Morgan fingerprint density at radius 2 is 2.00 bits per heavy atom. The van der Waals surface area contributed by atoms with E-state index in [1.54, 1.807) is 0 Å². The number of nitrogens with zero attached hydrogens (tertiary/aromatic N) is 2. The van der Waals surface area contributed by atoms with Gasteiger partial charge >= 0.3 is 6.18 Å². The van der Waals surface area contributed by atoms with E-state index in [1.165, 1.54) is 11.6 Å². The Morgan fingerprint density at radius 1 is 1.29 bits per heavy atom. The Bertz CT molecular complexity index is 849. The van der Waals surface area contributed by atoms with Crippen LogP contribution in [0.1, 0.15) is 29.2 Å². The van der Waals surface area contributed by atoms with Crippen molar-refractivity contribution in [3.8, 4) is 0 Å². The number of fused-ring (bicyclic) bond motifs is 1. The van der Waals surface area contributed by atoms with E-state index in [2.05, 4.69) is 20.9 Å². The number of hydrogen-bond donors (Lipinski definition) is 0. The van der Waals surface area contributed by atoms with Crippen LogP contribution in [-0.4, -0.2) is 4.57 Å². The summed E-state index contributed by atoms with van der Waals surface area (Å²) in [7, 11) is 1.50. The van der Waals surface area contributed by atoms with Crippen molar-refractivity contribution in [3.05, 3.63) is 61.1 Å². The molecule has 1 aliphatic carbocycles. The van der Waals surface area contributed by atoms with Gasteiger partial charge in [-0.3, -0.25) is 4.99 Å². The molecular formula is C16H12BrCl2F3N2. The average Bonchev–Trinajstić information content (AvgIpc) is 2.89. The smallest absolute Gasteiger partial charge is 0.335 e. The van der Waals surface area contributed by atoms with Crippen molar-refractivity contribution in [1.82, 2.24) is 4.57 Å². The van der Waals surface area contributed by atoms with Gasteiger partial charge in [0, 0.05) is 17.7 Å². The van der Waals surface area contributed by atoms with Gasteiger partial charge in [0.2, 0.25) is 0 Å². The highest BCUT2D eigenvalue weighted by molar-refractivity contribution is 9.10. The van der Waals surface area contributed by atoms with Gasteiger partial charge in [-0.2, -0.15) is 13.2 Å². The molecule has 24 heavy (non-hydrogen) atoms. The number of alkyl halides is 3. The predicted molar refractivity (Wildman–Crippen MR) is 91.2 cm³/mol. The van der Waals surface area contributed by atoms with Crippen molar-refractivity contribution >= 4 is 39.1 Å². The van der Waals surface area contributed by atoms with Crippen LogP contribution in [0, 0.1) is 0 Å². The van der Waals surface area contributed by atoms with Gasteiger partial charge in [-0.25, -0.2) is 0 Å². The van der Waals surface area contributed by atoms with Crippen LogP contribution >= 0.6 is 39.1 Å². The minimum absolute atomic E-state index is 0.0241. The fraction of sp³-hybridized carbons (Fsp3) is 0.312. The molecular weight excluding hydrogens is 428 g/mol. The van der Waals surface area contributed by atoms with Crippen molar-refractivity contribution in [2.24, 2.45) is 12.0 Å². The lowest BCUT2D eigenvalue weighted by molar-refractivity contribution is -0.138. The average molecular weight is 440 g/mol. The summed E-state index contributed by atoms with van der Waals surface area (Å²) in [5, 5.41) is 0.636. The molecule has 0 aliphatic heterocycles. The Hall–Kier alpha value is -0.980. The van der Waals surface area contributed by atoms with Gasteiger partial charge in [0.05, 0.1) is 21.7 Å². The van der Waals surface area contributed by atoms with E-state index in [0.717, 1.165) is 40.7 Å². The molecule has 0 saturated carbocycles. The fourth-order valence-corrected chi connectivity index (χ4v) is 3.81. The molecule has 2 nitrogen and oxygen atoms in total. The summed E-state index contributed by atoms with van der Waals surface area (Å²) in [6.45, 7) is 0. The monoisotopic (exact) mass is 438 g/mol. The van der Waals surface area contributed by atoms with E-state index in [4.69, 9.17) is 23.2 Å². The minimum atomic E-state index is -4.44. The molecule has 128 valence electrons. The molecule has 1 aromatic carbocycles. The lowest BCUT2D eigenvalue weighted by Crippen LogP contribution is -2.22. The second-order valence-electron chi connectivity index (χ2n) is 5.62.